The minimum Gasteiger partial charge on any atom is -0.465 e. The van der Waals surface area contributed by atoms with Crippen molar-refractivity contribution in [3.05, 3.63) is 54.9 Å². The number of carbonyl (C=O) groups is 2. The topological polar surface area (TPSA) is 139 Å². The third-order valence-electron chi connectivity index (χ3n) is 6.40. The van der Waals surface area contributed by atoms with Gasteiger partial charge in [0, 0.05) is 35.9 Å². The lowest BCUT2D eigenvalue weighted by Gasteiger charge is -2.37. The highest BCUT2D eigenvalue weighted by atomic mass is 79.9. The number of hydrogen-bond donors (Lipinski definition) is 4. The number of amides is 2. The molecule has 4 rings (SSSR count). The Balaban J connectivity index is 1.49. The lowest BCUT2D eigenvalue weighted by molar-refractivity contribution is -0.185. The Bertz CT molecular complexity index is 1240. The number of rotatable bonds is 5. The van der Waals surface area contributed by atoms with E-state index in [2.05, 4.69) is 31.5 Å². The average molecular weight is 550 g/mol. The predicted molar refractivity (Wildman–Crippen MR) is 130 cm³/mol. The Labute approximate surface area is 210 Å². The van der Waals surface area contributed by atoms with E-state index < -0.39 is 18.0 Å². The van der Waals surface area contributed by atoms with Crippen LogP contribution in [-0.2, 0) is 11.3 Å². The van der Waals surface area contributed by atoms with Crippen LogP contribution in [0.5, 0.6) is 11.5 Å². The zero-order valence-electron chi connectivity index (χ0n) is 19.9. The van der Waals surface area contributed by atoms with Crippen molar-refractivity contribution in [1.29, 1.82) is 0 Å². The number of aromatic nitrogens is 1. The fourth-order valence-corrected chi connectivity index (χ4v) is 5.02. The van der Waals surface area contributed by atoms with E-state index in [0.29, 0.717) is 45.5 Å². The van der Waals surface area contributed by atoms with Crippen LogP contribution in [0.2, 0.25) is 0 Å². The number of hydrogen-bond acceptors (Lipinski definition) is 6. The zero-order valence-corrected chi connectivity index (χ0v) is 21.5. The number of carboxylic acid groups (broad SMARTS) is 1. The minimum atomic E-state index is -1.13. The van der Waals surface area contributed by atoms with E-state index in [9.17, 15) is 14.4 Å². The number of benzene rings is 1. The lowest BCUT2D eigenvalue weighted by Crippen LogP contribution is -2.53. The van der Waals surface area contributed by atoms with E-state index in [4.69, 9.17) is 19.3 Å². The second-order valence-corrected chi connectivity index (χ2v) is 9.94. The maximum atomic E-state index is 13.0. The quantitative estimate of drug-likeness (QED) is 0.448. The maximum absolute atomic E-state index is 13.0. The van der Waals surface area contributed by atoms with E-state index >= 15 is 0 Å². The molecule has 188 valence electrons. The molecule has 3 heterocycles. The molecule has 11 heteroatoms. The summed E-state index contributed by atoms with van der Waals surface area (Å²) in [5.41, 5.74) is 2.82. The van der Waals surface area contributed by atoms with Crippen LogP contribution in [0, 0.1) is 20.8 Å². The van der Waals surface area contributed by atoms with Gasteiger partial charge in [0.05, 0.1) is 17.1 Å². The van der Waals surface area contributed by atoms with Crippen LogP contribution in [0.4, 0.5) is 4.79 Å². The number of carbonyl (C=O) groups excluding carboxylic acids is 1. The van der Waals surface area contributed by atoms with Gasteiger partial charge in [0.25, 0.3) is 17.3 Å². The van der Waals surface area contributed by atoms with Crippen LogP contribution < -0.4 is 25.7 Å². The number of pyridine rings is 1. The summed E-state index contributed by atoms with van der Waals surface area (Å²) in [6.45, 7) is 7.47. The zero-order chi connectivity index (χ0) is 25.5. The molecular weight excluding hydrogens is 522 g/mol. The molecule has 0 radical (unpaired) electrons. The number of ether oxygens (including phenoxy) is 3. The first-order valence-electron chi connectivity index (χ1n) is 11.3. The molecule has 0 aliphatic carbocycles. The van der Waals surface area contributed by atoms with Crippen molar-refractivity contribution in [2.75, 3.05) is 6.61 Å². The van der Waals surface area contributed by atoms with Crippen molar-refractivity contribution in [3.8, 4) is 11.5 Å². The molecule has 0 saturated carbocycles. The summed E-state index contributed by atoms with van der Waals surface area (Å²) in [7, 11) is 0. The van der Waals surface area contributed by atoms with Gasteiger partial charge in [-0.25, -0.2) is 4.79 Å². The molecule has 3 atom stereocenters. The SMILES string of the molecule is Cc1cc(C)c(CNC(=O)c2cc(Br)c3c(c2C)OC(C)([C@@H]2CC[C@@H](NC(=O)O)CO2)O3)c(=O)[nH]1. The lowest BCUT2D eigenvalue weighted by atomic mass is 9.99. The molecule has 1 unspecified atom stereocenters. The Kier molecular flexibility index (Phi) is 6.83. The van der Waals surface area contributed by atoms with Crippen LogP contribution in [-0.4, -0.2) is 46.6 Å². The van der Waals surface area contributed by atoms with E-state index in [1.807, 2.05) is 19.9 Å². The van der Waals surface area contributed by atoms with Gasteiger partial charge in [-0.1, -0.05) is 0 Å². The van der Waals surface area contributed by atoms with E-state index in [1.165, 1.54) is 0 Å². The first kappa shape index (κ1) is 25.1. The molecule has 2 aromatic rings. The molecule has 2 aliphatic rings. The summed E-state index contributed by atoms with van der Waals surface area (Å²) in [5, 5.41) is 14.2. The molecule has 35 heavy (non-hydrogen) atoms. The van der Waals surface area contributed by atoms with E-state index in [0.717, 1.165) is 11.3 Å². The van der Waals surface area contributed by atoms with Crippen molar-refractivity contribution >= 4 is 27.9 Å². The number of aryl methyl sites for hydroxylation is 2. The van der Waals surface area contributed by atoms with Crippen molar-refractivity contribution in [3.63, 3.8) is 0 Å². The van der Waals surface area contributed by atoms with Crippen molar-refractivity contribution in [2.45, 2.75) is 65.0 Å². The molecule has 4 N–H and O–H groups in total. The van der Waals surface area contributed by atoms with Gasteiger partial charge in [0.1, 0.15) is 6.10 Å². The highest BCUT2D eigenvalue weighted by Crippen LogP contribution is 2.49. The minimum absolute atomic E-state index is 0.0882. The van der Waals surface area contributed by atoms with E-state index in [-0.39, 0.29) is 30.7 Å². The molecule has 1 saturated heterocycles. The molecule has 1 aromatic carbocycles. The van der Waals surface area contributed by atoms with Crippen LogP contribution in [0.1, 0.15) is 52.5 Å². The smallest absolute Gasteiger partial charge is 0.404 e. The third kappa shape index (κ3) is 5.01. The van der Waals surface area contributed by atoms with Crippen molar-refractivity contribution < 1.29 is 28.9 Å². The fraction of sp³-hybridized carbons (Fsp3) is 0.458. The number of halogens is 1. The molecule has 10 nitrogen and oxygen atoms in total. The Morgan fingerprint density at radius 1 is 1.20 bits per heavy atom. The summed E-state index contributed by atoms with van der Waals surface area (Å²) >= 11 is 3.48. The number of nitrogens with one attached hydrogen (secondary N) is 3. The van der Waals surface area contributed by atoms with Gasteiger partial charge in [0.2, 0.25) is 0 Å². The Morgan fingerprint density at radius 2 is 1.91 bits per heavy atom. The van der Waals surface area contributed by atoms with Gasteiger partial charge in [-0.15, -0.1) is 0 Å². The number of aromatic amines is 1. The van der Waals surface area contributed by atoms with Gasteiger partial charge in [0.15, 0.2) is 11.5 Å². The molecule has 2 amide bonds. The van der Waals surface area contributed by atoms with Crippen LogP contribution >= 0.6 is 15.9 Å². The molecule has 1 aromatic heterocycles. The van der Waals surface area contributed by atoms with Crippen LogP contribution in [0.3, 0.4) is 0 Å². The molecule has 0 bridgehead atoms. The largest absolute Gasteiger partial charge is 0.465 e. The first-order valence-corrected chi connectivity index (χ1v) is 12.1. The highest BCUT2D eigenvalue weighted by Gasteiger charge is 2.48. The molecule has 0 spiro atoms. The van der Waals surface area contributed by atoms with Crippen LogP contribution in [0.25, 0.3) is 0 Å². The molecular formula is C24H28BrN3O7. The monoisotopic (exact) mass is 549 g/mol. The van der Waals surface area contributed by atoms with E-state index in [1.54, 1.807) is 19.9 Å². The number of H-pyrrole nitrogens is 1. The third-order valence-corrected chi connectivity index (χ3v) is 6.99. The fourth-order valence-electron chi connectivity index (χ4n) is 4.53. The van der Waals surface area contributed by atoms with Crippen LogP contribution in [0.15, 0.2) is 21.4 Å². The van der Waals surface area contributed by atoms with Gasteiger partial charge in [-0.3, -0.25) is 9.59 Å². The van der Waals surface area contributed by atoms with Gasteiger partial charge < -0.3 is 34.9 Å². The normalized spacial score (nSPS) is 23.1. The van der Waals surface area contributed by atoms with Gasteiger partial charge in [-0.05, 0) is 67.2 Å². The summed E-state index contributed by atoms with van der Waals surface area (Å²) in [6.07, 6.45) is -0.400. The number of fused-ring (bicyclic) bond motifs is 1. The standard InChI is InChI=1S/C24H28BrN3O7/c1-11-7-12(2)27-22(30)16(11)9-26-21(29)15-8-17(25)20-19(13(15)3)34-24(4,35-20)18-6-5-14(10-33-18)28-23(31)32/h7-8,14,18,28H,5-6,9-10H2,1-4H3,(H,26,29)(H,27,30)(H,31,32)/t14-,18+,24?/m1/s1. The summed E-state index contributed by atoms with van der Waals surface area (Å²) in [4.78, 5) is 39.0. The molecule has 1 fully saturated rings. The summed E-state index contributed by atoms with van der Waals surface area (Å²) < 4.78 is 18.8. The summed E-state index contributed by atoms with van der Waals surface area (Å²) in [6, 6.07) is 3.24. The second kappa shape index (κ2) is 9.54. The summed E-state index contributed by atoms with van der Waals surface area (Å²) in [5.74, 6) is -0.572. The first-order chi connectivity index (χ1) is 16.5. The maximum Gasteiger partial charge on any atom is 0.404 e. The predicted octanol–water partition coefficient (Wildman–Crippen LogP) is 3.30. The van der Waals surface area contributed by atoms with Gasteiger partial charge in [-0.2, -0.15) is 0 Å². The van der Waals surface area contributed by atoms with Crippen molar-refractivity contribution in [2.24, 2.45) is 0 Å². The second-order valence-electron chi connectivity index (χ2n) is 9.08. The Morgan fingerprint density at radius 3 is 2.54 bits per heavy atom. The Hall–Kier alpha value is -3.05. The molecule has 2 aliphatic heterocycles. The van der Waals surface area contributed by atoms with Crippen molar-refractivity contribution in [1.82, 2.24) is 15.6 Å². The van der Waals surface area contributed by atoms with Gasteiger partial charge >= 0.3 is 6.09 Å². The average Bonchev–Trinajstić information content (AvgIpc) is 3.15. The highest BCUT2D eigenvalue weighted by molar-refractivity contribution is 9.10.